The molecule has 0 spiro atoms. The summed E-state index contributed by atoms with van der Waals surface area (Å²) in [5.74, 6) is 0.717. The van der Waals surface area contributed by atoms with Gasteiger partial charge < -0.3 is 5.32 Å². The van der Waals surface area contributed by atoms with Gasteiger partial charge in [-0.25, -0.2) is 9.97 Å². The quantitative estimate of drug-likeness (QED) is 0.901. The Hall–Kier alpha value is -1.93. The van der Waals surface area contributed by atoms with Crippen LogP contribution in [0.25, 0.3) is 0 Å². The second-order valence-electron chi connectivity index (χ2n) is 3.73. The van der Waals surface area contributed by atoms with Crippen molar-refractivity contribution < 1.29 is 0 Å². The van der Waals surface area contributed by atoms with Crippen LogP contribution in [0.3, 0.4) is 0 Å². The fourth-order valence-corrected chi connectivity index (χ4v) is 2.19. The molecular weight excluding hydrogens is 232 g/mol. The van der Waals surface area contributed by atoms with Crippen molar-refractivity contribution in [2.45, 2.75) is 20.4 Å². The van der Waals surface area contributed by atoms with E-state index >= 15 is 0 Å². The maximum absolute atomic E-state index is 8.86. The predicted molar refractivity (Wildman–Crippen MR) is 67.9 cm³/mol. The molecule has 0 fully saturated rings. The summed E-state index contributed by atoms with van der Waals surface area (Å²) >= 11 is 1.62. The van der Waals surface area contributed by atoms with E-state index in [9.17, 15) is 0 Å². The number of anilines is 1. The standard InChI is InChI=1S/C12H12N4S/c1-8-3-10(5-13)4-11(15-8)14-6-12-16-9(2)7-17-12/h3-4,7H,6H2,1-2H3,(H,14,15). The summed E-state index contributed by atoms with van der Waals surface area (Å²) in [4.78, 5) is 8.67. The summed E-state index contributed by atoms with van der Waals surface area (Å²) in [6.45, 7) is 4.48. The first-order chi connectivity index (χ1) is 8.17. The first kappa shape index (κ1) is 11.6. The van der Waals surface area contributed by atoms with Crippen molar-refractivity contribution in [1.82, 2.24) is 9.97 Å². The molecule has 0 amide bonds. The van der Waals surface area contributed by atoms with Crippen LogP contribution in [0.4, 0.5) is 5.82 Å². The summed E-state index contributed by atoms with van der Waals surface area (Å²) in [6.07, 6.45) is 0. The van der Waals surface area contributed by atoms with Crippen LogP contribution < -0.4 is 5.32 Å². The monoisotopic (exact) mass is 244 g/mol. The first-order valence-electron chi connectivity index (χ1n) is 5.21. The molecule has 0 atom stereocenters. The number of nitrogens with zero attached hydrogens (tertiary/aromatic N) is 3. The topological polar surface area (TPSA) is 61.6 Å². The normalized spacial score (nSPS) is 9.94. The minimum Gasteiger partial charge on any atom is -0.364 e. The molecule has 0 saturated heterocycles. The van der Waals surface area contributed by atoms with Gasteiger partial charge in [0.1, 0.15) is 10.8 Å². The second kappa shape index (κ2) is 4.93. The Balaban J connectivity index is 2.09. The Morgan fingerprint density at radius 3 is 2.76 bits per heavy atom. The lowest BCUT2D eigenvalue weighted by atomic mass is 10.2. The van der Waals surface area contributed by atoms with Crippen molar-refractivity contribution >= 4 is 17.2 Å². The van der Waals surface area contributed by atoms with Crippen LogP contribution in [0.1, 0.15) is 22.0 Å². The molecule has 0 aliphatic rings. The van der Waals surface area contributed by atoms with Crippen LogP contribution in [0.15, 0.2) is 17.5 Å². The zero-order valence-corrected chi connectivity index (χ0v) is 10.5. The summed E-state index contributed by atoms with van der Waals surface area (Å²) in [7, 11) is 0. The molecule has 0 bridgehead atoms. The third kappa shape index (κ3) is 3.02. The summed E-state index contributed by atoms with van der Waals surface area (Å²) in [5.41, 5.74) is 2.49. The number of aryl methyl sites for hydroxylation is 2. The lowest BCUT2D eigenvalue weighted by Crippen LogP contribution is -2.02. The van der Waals surface area contributed by atoms with E-state index in [4.69, 9.17) is 5.26 Å². The van der Waals surface area contributed by atoms with E-state index in [0.717, 1.165) is 22.2 Å². The molecule has 0 aromatic carbocycles. The van der Waals surface area contributed by atoms with Gasteiger partial charge in [0.2, 0.25) is 0 Å². The van der Waals surface area contributed by atoms with E-state index < -0.39 is 0 Å². The molecule has 0 unspecified atom stereocenters. The van der Waals surface area contributed by atoms with Gasteiger partial charge in [0.15, 0.2) is 0 Å². The zero-order valence-electron chi connectivity index (χ0n) is 9.69. The van der Waals surface area contributed by atoms with Gasteiger partial charge in [0.25, 0.3) is 0 Å². The van der Waals surface area contributed by atoms with Crippen molar-refractivity contribution in [2.75, 3.05) is 5.32 Å². The Labute approximate surface area is 104 Å². The number of hydrogen-bond donors (Lipinski definition) is 1. The van der Waals surface area contributed by atoms with Gasteiger partial charge in [0, 0.05) is 16.8 Å². The fourth-order valence-electron chi connectivity index (χ4n) is 1.47. The number of nitriles is 1. The summed E-state index contributed by atoms with van der Waals surface area (Å²) in [5, 5.41) is 15.1. The van der Waals surface area contributed by atoms with Crippen LogP contribution >= 0.6 is 11.3 Å². The van der Waals surface area contributed by atoms with Crippen LogP contribution in [-0.4, -0.2) is 9.97 Å². The number of hydrogen-bond acceptors (Lipinski definition) is 5. The minimum absolute atomic E-state index is 0.621. The van der Waals surface area contributed by atoms with Crippen LogP contribution in [0.5, 0.6) is 0 Å². The van der Waals surface area contributed by atoms with Gasteiger partial charge >= 0.3 is 0 Å². The van der Waals surface area contributed by atoms with Crippen molar-refractivity contribution in [3.05, 3.63) is 39.5 Å². The molecule has 2 rings (SSSR count). The largest absolute Gasteiger partial charge is 0.364 e. The molecule has 0 radical (unpaired) electrons. The van der Waals surface area contributed by atoms with Gasteiger partial charge in [-0.15, -0.1) is 11.3 Å². The minimum atomic E-state index is 0.621. The number of thiazole rings is 1. The maximum Gasteiger partial charge on any atom is 0.127 e. The molecule has 0 aliphatic carbocycles. The third-order valence-corrected chi connectivity index (χ3v) is 3.14. The fraction of sp³-hybridized carbons (Fsp3) is 0.250. The molecule has 0 aliphatic heterocycles. The van der Waals surface area contributed by atoms with Crippen LogP contribution in [0.2, 0.25) is 0 Å². The zero-order chi connectivity index (χ0) is 12.3. The average Bonchev–Trinajstić information content (AvgIpc) is 2.72. The smallest absolute Gasteiger partial charge is 0.127 e. The lowest BCUT2D eigenvalue weighted by molar-refractivity contribution is 1.05. The molecule has 4 nitrogen and oxygen atoms in total. The molecule has 1 N–H and O–H groups in total. The van der Waals surface area contributed by atoms with Crippen LogP contribution in [0, 0.1) is 25.2 Å². The van der Waals surface area contributed by atoms with E-state index in [1.807, 2.05) is 19.2 Å². The summed E-state index contributed by atoms with van der Waals surface area (Å²) in [6, 6.07) is 5.62. The highest BCUT2D eigenvalue weighted by Crippen LogP contribution is 2.13. The molecule has 5 heteroatoms. The summed E-state index contributed by atoms with van der Waals surface area (Å²) < 4.78 is 0. The number of rotatable bonds is 3. The highest BCUT2D eigenvalue weighted by molar-refractivity contribution is 7.09. The number of nitrogens with one attached hydrogen (secondary N) is 1. The van der Waals surface area contributed by atoms with Gasteiger partial charge in [-0.1, -0.05) is 0 Å². The number of aromatic nitrogens is 2. The van der Waals surface area contributed by atoms with E-state index in [-0.39, 0.29) is 0 Å². The Kier molecular flexibility index (Phi) is 3.35. The lowest BCUT2D eigenvalue weighted by Gasteiger charge is -2.04. The van der Waals surface area contributed by atoms with E-state index in [2.05, 4.69) is 21.4 Å². The average molecular weight is 244 g/mol. The molecule has 0 saturated carbocycles. The van der Waals surface area contributed by atoms with Crippen molar-refractivity contribution in [2.24, 2.45) is 0 Å². The Morgan fingerprint density at radius 2 is 2.12 bits per heavy atom. The predicted octanol–water partition coefficient (Wildman–Crippen LogP) is 2.64. The molecule has 86 valence electrons. The number of pyridine rings is 1. The molecule has 2 aromatic heterocycles. The van der Waals surface area contributed by atoms with Gasteiger partial charge in [0.05, 0.1) is 18.2 Å². The maximum atomic E-state index is 8.86. The molecule has 2 heterocycles. The van der Waals surface area contributed by atoms with E-state index in [0.29, 0.717) is 12.1 Å². The SMILES string of the molecule is Cc1cc(C#N)cc(NCc2nc(C)cs2)n1. The highest BCUT2D eigenvalue weighted by Gasteiger charge is 2.02. The molecular formula is C12H12N4S. The van der Waals surface area contributed by atoms with Gasteiger partial charge in [-0.05, 0) is 26.0 Å². The molecule has 2 aromatic rings. The van der Waals surface area contributed by atoms with Gasteiger partial charge in [-0.2, -0.15) is 5.26 Å². The van der Waals surface area contributed by atoms with Crippen LogP contribution in [-0.2, 0) is 6.54 Å². The van der Waals surface area contributed by atoms with Crippen molar-refractivity contribution in [3.8, 4) is 6.07 Å². The van der Waals surface area contributed by atoms with Gasteiger partial charge in [-0.3, -0.25) is 0 Å². The van der Waals surface area contributed by atoms with Crippen molar-refractivity contribution in [3.63, 3.8) is 0 Å². The van der Waals surface area contributed by atoms with E-state index in [1.54, 1.807) is 23.5 Å². The molecule has 17 heavy (non-hydrogen) atoms. The Bertz CT molecular complexity index is 568. The van der Waals surface area contributed by atoms with Crippen molar-refractivity contribution in [1.29, 1.82) is 5.26 Å². The third-order valence-electron chi connectivity index (χ3n) is 2.17. The van der Waals surface area contributed by atoms with E-state index in [1.165, 1.54) is 0 Å². The Morgan fingerprint density at radius 1 is 1.29 bits per heavy atom. The second-order valence-corrected chi connectivity index (χ2v) is 4.67. The highest BCUT2D eigenvalue weighted by atomic mass is 32.1. The first-order valence-corrected chi connectivity index (χ1v) is 6.09.